The maximum atomic E-state index is 12.2. The number of carbonyl (C=O) groups is 1. The van der Waals surface area contributed by atoms with E-state index < -0.39 is 0 Å². The van der Waals surface area contributed by atoms with Crippen molar-refractivity contribution in [2.75, 3.05) is 6.54 Å². The van der Waals surface area contributed by atoms with Gasteiger partial charge in [0.15, 0.2) is 0 Å². The van der Waals surface area contributed by atoms with E-state index in [4.69, 9.17) is 0 Å². The molecule has 1 aliphatic heterocycles. The molecule has 3 heterocycles. The van der Waals surface area contributed by atoms with Crippen LogP contribution in [-0.2, 0) is 13.1 Å². The molecular weight excluding hydrogens is 266 g/mol. The summed E-state index contributed by atoms with van der Waals surface area (Å²) < 4.78 is 1.74. The molecule has 2 aromatic rings. The molecule has 5 heteroatoms. The van der Waals surface area contributed by atoms with Crippen LogP contribution in [0.4, 0.5) is 0 Å². The molecule has 21 heavy (non-hydrogen) atoms. The van der Waals surface area contributed by atoms with Gasteiger partial charge < -0.3 is 9.47 Å². The molecule has 2 aromatic heterocycles. The second-order valence-electron chi connectivity index (χ2n) is 5.23. The van der Waals surface area contributed by atoms with Crippen LogP contribution < -0.4 is 5.56 Å². The van der Waals surface area contributed by atoms with Crippen molar-refractivity contribution in [3.8, 4) is 0 Å². The first-order valence-electron chi connectivity index (χ1n) is 7.06. The third-order valence-electron chi connectivity index (χ3n) is 3.83. The fourth-order valence-corrected chi connectivity index (χ4v) is 2.69. The number of amides is 1. The summed E-state index contributed by atoms with van der Waals surface area (Å²) in [6, 6.07) is 8.85. The smallest absolute Gasteiger partial charge is 0.256 e. The Labute approximate surface area is 122 Å². The number of aromatic nitrogens is 2. The van der Waals surface area contributed by atoms with Gasteiger partial charge in [0.25, 0.3) is 11.5 Å². The number of carbonyl (C=O) groups excluding carboxylic acids is 1. The van der Waals surface area contributed by atoms with E-state index in [1.54, 1.807) is 33.9 Å². The van der Waals surface area contributed by atoms with Crippen LogP contribution in [0.5, 0.6) is 0 Å². The zero-order valence-electron chi connectivity index (χ0n) is 12.0. The van der Waals surface area contributed by atoms with Crippen LogP contribution in [0.25, 0.3) is 0 Å². The van der Waals surface area contributed by atoms with Gasteiger partial charge in [-0.25, -0.2) is 0 Å². The normalized spacial score (nSPS) is 13.6. The Hall–Kier alpha value is -2.43. The van der Waals surface area contributed by atoms with Crippen LogP contribution in [0.1, 0.15) is 28.2 Å². The van der Waals surface area contributed by atoms with E-state index in [0.29, 0.717) is 25.2 Å². The maximum absolute atomic E-state index is 12.2. The molecule has 0 saturated carbocycles. The van der Waals surface area contributed by atoms with Crippen LogP contribution in [0.15, 0.2) is 41.3 Å². The fraction of sp³-hybridized carbons (Fsp3) is 0.312. The minimum absolute atomic E-state index is 0.00713. The highest BCUT2D eigenvalue weighted by molar-refractivity contribution is 5.97. The molecule has 0 bridgehead atoms. The Balaban J connectivity index is 1.63. The number of pyridine rings is 2. The van der Waals surface area contributed by atoms with Gasteiger partial charge in [-0.05, 0) is 31.5 Å². The Morgan fingerprint density at radius 1 is 1.14 bits per heavy atom. The maximum Gasteiger partial charge on any atom is 0.256 e. The molecule has 0 saturated heterocycles. The molecule has 0 aliphatic carbocycles. The van der Waals surface area contributed by atoms with Crippen LogP contribution in [-0.4, -0.2) is 26.9 Å². The summed E-state index contributed by atoms with van der Waals surface area (Å²) in [5, 5.41) is 0. The van der Waals surface area contributed by atoms with Crippen molar-refractivity contribution in [2.45, 2.75) is 26.4 Å². The van der Waals surface area contributed by atoms with Gasteiger partial charge in [0.05, 0.1) is 17.8 Å². The van der Waals surface area contributed by atoms with Gasteiger partial charge in [0.2, 0.25) is 0 Å². The lowest BCUT2D eigenvalue weighted by Gasteiger charge is -2.16. The first-order chi connectivity index (χ1) is 10.2. The summed E-state index contributed by atoms with van der Waals surface area (Å²) >= 11 is 0. The predicted octanol–water partition coefficient (Wildman–Crippen LogP) is 1.60. The van der Waals surface area contributed by atoms with Gasteiger partial charge >= 0.3 is 0 Å². The standard InChI is InChI=1S/C16H17N3O2/c1-12-5-2-7-15(20)19(12)10-4-9-18-11-14-13(16(18)21)6-3-8-17-14/h2-3,5-8H,4,9-11H2,1H3. The molecule has 1 aliphatic rings. The average molecular weight is 283 g/mol. The van der Waals surface area contributed by atoms with Gasteiger partial charge in [-0.3, -0.25) is 14.6 Å². The number of aryl methyl sites for hydroxylation is 1. The lowest BCUT2D eigenvalue weighted by Crippen LogP contribution is -2.28. The molecule has 0 unspecified atom stereocenters. The van der Waals surface area contributed by atoms with E-state index in [0.717, 1.165) is 17.8 Å². The molecule has 1 amide bonds. The zero-order valence-corrected chi connectivity index (χ0v) is 12.0. The van der Waals surface area contributed by atoms with E-state index in [-0.39, 0.29) is 11.5 Å². The second kappa shape index (κ2) is 5.52. The van der Waals surface area contributed by atoms with E-state index in [1.807, 2.05) is 19.1 Å². The zero-order chi connectivity index (χ0) is 14.8. The third-order valence-corrected chi connectivity index (χ3v) is 3.83. The molecule has 108 valence electrons. The number of nitrogens with zero attached hydrogens (tertiary/aromatic N) is 3. The lowest BCUT2D eigenvalue weighted by molar-refractivity contribution is 0.0774. The van der Waals surface area contributed by atoms with E-state index in [9.17, 15) is 9.59 Å². The lowest BCUT2D eigenvalue weighted by atomic mass is 10.2. The van der Waals surface area contributed by atoms with Gasteiger partial charge in [0, 0.05) is 31.0 Å². The van der Waals surface area contributed by atoms with E-state index >= 15 is 0 Å². The predicted molar refractivity (Wildman–Crippen MR) is 79.0 cm³/mol. The monoisotopic (exact) mass is 283 g/mol. The van der Waals surface area contributed by atoms with Crippen molar-refractivity contribution >= 4 is 5.91 Å². The molecule has 0 spiro atoms. The highest BCUT2D eigenvalue weighted by Gasteiger charge is 2.27. The number of fused-ring (bicyclic) bond motifs is 1. The van der Waals surface area contributed by atoms with Crippen molar-refractivity contribution in [3.63, 3.8) is 0 Å². The fourth-order valence-electron chi connectivity index (χ4n) is 2.69. The summed E-state index contributed by atoms with van der Waals surface area (Å²) in [6.07, 6.45) is 2.47. The van der Waals surface area contributed by atoms with Crippen molar-refractivity contribution in [1.82, 2.24) is 14.5 Å². The second-order valence-corrected chi connectivity index (χ2v) is 5.23. The molecule has 0 aromatic carbocycles. The van der Waals surface area contributed by atoms with E-state index in [2.05, 4.69) is 4.98 Å². The van der Waals surface area contributed by atoms with Crippen molar-refractivity contribution in [1.29, 1.82) is 0 Å². The third kappa shape index (κ3) is 2.59. The minimum Gasteiger partial charge on any atom is -0.333 e. The van der Waals surface area contributed by atoms with Crippen molar-refractivity contribution in [3.05, 3.63) is 63.8 Å². The molecular formula is C16H17N3O2. The van der Waals surface area contributed by atoms with Crippen molar-refractivity contribution in [2.24, 2.45) is 0 Å². The number of rotatable bonds is 4. The van der Waals surface area contributed by atoms with Gasteiger partial charge in [0.1, 0.15) is 0 Å². The Bertz CT molecular complexity index is 736. The topological polar surface area (TPSA) is 55.2 Å². The van der Waals surface area contributed by atoms with Crippen molar-refractivity contribution < 1.29 is 4.79 Å². The summed E-state index contributed by atoms with van der Waals surface area (Å²) in [5.41, 5.74) is 2.49. The molecule has 5 nitrogen and oxygen atoms in total. The minimum atomic E-state index is 0.00713. The summed E-state index contributed by atoms with van der Waals surface area (Å²) in [5.74, 6) is 0.0373. The SMILES string of the molecule is Cc1cccc(=O)n1CCCN1Cc2ncccc2C1=O. The van der Waals surface area contributed by atoms with Crippen LogP contribution >= 0.6 is 0 Å². The van der Waals surface area contributed by atoms with Gasteiger partial charge in [-0.15, -0.1) is 0 Å². The van der Waals surface area contributed by atoms with Crippen LogP contribution in [0, 0.1) is 6.92 Å². The number of hydrogen-bond donors (Lipinski definition) is 0. The Kier molecular flexibility index (Phi) is 3.56. The Morgan fingerprint density at radius 2 is 2.00 bits per heavy atom. The van der Waals surface area contributed by atoms with Gasteiger partial charge in [-0.2, -0.15) is 0 Å². The first-order valence-corrected chi connectivity index (χ1v) is 7.06. The molecule has 3 rings (SSSR count). The van der Waals surface area contributed by atoms with Crippen LogP contribution in [0.2, 0.25) is 0 Å². The first kappa shape index (κ1) is 13.5. The molecule has 0 fully saturated rings. The quantitative estimate of drug-likeness (QED) is 0.856. The molecule has 0 atom stereocenters. The van der Waals surface area contributed by atoms with E-state index in [1.165, 1.54) is 0 Å². The Morgan fingerprint density at radius 3 is 2.76 bits per heavy atom. The average Bonchev–Trinajstić information content (AvgIpc) is 2.79. The summed E-state index contributed by atoms with van der Waals surface area (Å²) in [7, 11) is 0. The van der Waals surface area contributed by atoms with Crippen LogP contribution in [0.3, 0.4) is 0 Å². The molecule has 0 radical (unpaired) electrons. The molecule has 0 N–H and O–H groups in total. The number of hydrogen-bond acceptors (Lipinski definition) is 3. The highest BCUT2D eigenvalue weighted by atomic mass is 16.2. The van der Waals surface area contributed by atoms with Gasteiger partial charge in [-0.1, -0.05) is 6.07 Å². The highest BCUT2D eigenvalue weighted by Crippen LogP contribution is 2.20. The summed E-state index contributed by atoms with van der Waals surface area (Å²) in [6.45, 7) is 3.74. The summed E-state index contributed by atoms with van der Waals surface area (Å²) in [4.78, 5) is 30.0. The largest absolute Gasteiger partial charge is 0.333 e.